The maximum atomic E-state index is 9.03. The Hall–Kier alpha value is -3.40. The minimum absolute atomic E-state index is 0.0864. The standard InChI is InChI=1S/C16H15N5O2/c1-22-14-7-3-12(4-8-14)18-20-16(11-17)21-19-13-5-9-15(23-2)10-6-13/h3-10,18H,1-2H3/b20-16-,21-19?. The van der Waals surface area contributed by atoms with Crippen molar-refractivity contribution in [2.24, 2.45) is 15.3 Å². The van der Waals surface area contributed by atoms with Crippen LogP contribution in [-0.2, 0) is 0 Å². The van der Waals surface area contributed by atoms with Crippen molar-refractivity contribution in [2.45, 2.75) is 0 Å². The Balaban J connectivity index is 2.02. The fourth-order valence-corrected chi connectivity index (χ4v) is 1.61. The molecule has 0 saturated carbocycles. The van der Waals surface area contributed by atoms with E-state index in [9.17, 15) is 0 Å². The van der Waals surface area contributed by atoms with Crippen LogP contribution in [0.25, 0.3) is 0 Å². The second-order valence-electron chi connectivity index (χ2n) is 4.29. The zero-order valence-electron chi connectivity index (χ0n) is 12.7. The van der Waals surface area contributed by atoms with Crippen LogP contribution in [0.3, 0.4) is 0 Å². The molecule has 0 radical (unpaired) electrons. The maximum Gasteiger partial charge on any atom is 0.270 e. The summed E-state index contributed by atoms with van der Waals surface area (Å²) in [6.07, 6.45) is 0. The van der Waals surface area contributed by atoms with E-state index in [2.05, 4.69) is 20.8 Å². The summed E-state index contributed by atoms with van der Waals surface area (Å²) in [5, 5.41) is 20.7. The molecule has 0 heterocycles. The van der Waals surface area contributed by atoms with Gasteiger partial charge in [0, 0.05) is 0 Å². The first-order valence-corrected chi connectivity index (χ1v) is 6.69. The second kappa shape index (κ2) is 8.14. The van der Waals surface area contributed by atoms with Crippen LogP contribution < -0.4 is 14.9 Å². The quantitative estimate of drug-likeness (QED) is 0.394. The number of methoxy groups -OCH3 is 2. The van der Waals surface area contributed by atoms with Gasteiger partial charge >= 0.3 is 0 Å². The van der Waals surface area contributed by atoms with Gasteiger partial charge in [0.15, 0.2) is 0 Å². The smallest absolute Gasteiger partial charge is 0.270 e. The largest absolute Gasteiger partial charge is 0.497 e. The first-order chi connectivity index (χ1) is 11.2. The molecule has 0 spiro atoms. The summed E-state index contributed by atoms with van der Waals surface area (Å²) in [5.41, 5.74) is 4.04. The van der Waals surface area contributed by atoms with E-state index in [4.69, 9.17) is 14.7 Å². The number of nitrogens with zero attached hydrogens (tertiary/aromatic N) is 4. The zero-order chi connectivity index (χ0) is 16.5. The minimum Gasteiger partial charge on any atom is -0.497 e. The number of anilines is 1. The lowest BCUT2D eigenvalue weighted by molar-refractivity contribution is 0.415. The Labute approximate surface area is 133 Å². The van der Waals surface area contributed by atoms with Gasteiger partial charge in [-0.1, -0.05) is 0 Å². The zero-order valence-corrected chi connectivity index (χ0v) is 12.7. The third-order valence-corrected chi connectivity index (χ3v) is 2.81. The molecule has 0 aromatic heterocycles. The molecule has 0 saturated heterocycles. The summed E-state index contributed by atoms with van der Waals surface area (Å²) in [6.45, 7) is 0. The summed E-state index contributed by atoms with van der Waals surface area (Å²) in [4.78, 5) is 0. The van der Waals surface area contributed by atoms with E-state index in [1.165, 1.54) is 0 Å². The molecular formula is C16H15N5O2. The SMILES string of the molecule is COc1ccc(N=N/C(C#N)=N\Nc2ccc(OC)cc2)cc1. The number of ether oxygens (including phenoxy) is 2. The summed E-state index contributed by atoms with van der Waals surface area (Å²) in [6, 6.07) is 16.0. The van der Waals surface area contributed by atoms with Gasteiger partial charge < -0.3 is 9.47 Å². The fraction of sp³-hybridized carbons (Fsp3) is 0.125. The van der Waals surface area contributed by atoms with Crippen molar-refractivity contribution >= 4 is 17.2 Å². The van der Waals surface area contributed by atoms with E-state index in [-0.39, 0.29) is 5.84 Å². The highest BCUT2D eigenvalue weighted by molar-refractivity contribution is 5.97. The average Bonchev–Trinajstić information content (AvgIpc) is 2.62. The van der Waals surface area contributed by atoms with Gasteiger partial charge in [0.05, 0.1) is 25.6 Å². The number of hydrazone groups is 1. The van der Waals surface area contributed by atoms with E-state index in [1.807, 2.05) is 6.07 Å². The lowest BCUT2D eigenvalue weighted by Crippen LogP contribution is -1.95. The van der Waals surface area contributed by atoms with Crippen molar-refractivity contribution < 1.29 is 9.47 Å². The minimum atomic E-state index is -0.0864. The normalized spacial score (nSPS) is 11.1. The molecule has 116 valence electrons. The molecule has 7 heteroatoms. The van der Waals surface area contributed by atoms with E-state index in [1.54, 1.807) is 62.8 Å². The predicted octanol–water partition coefficient (Wildman–Crippen LogP) is 3.74. The molecule has 2 rings (SSSR count). The highest BCUT2D eigenvalue weighted by Gasteiger charge is 1.97. The predicted molar refractivity (Wildman–Crippen MR) is 87.2 cm³/mol. The molecule has 2 aromatic rings. The number of amidine groups is 1. The summed E-state index contributed by atoms with van der Waals surface area (Å²) in [7, 11) is 3.18. The van der Waals surface area contributed by atoms with Gasteiger partial charge in [-0.2, -0.15) is 5.26 Å². The molecule has 7 nitrogen and oxygen atoms in total. The van der Waals surface area contributed by atoms with Crippen molar-refractivity contribution in [3.05, 3.63) is 48.5 Å². The summed E-state index contributed by atoms with van der Waals surface area (Å²) in [5.74, 6) is 1.37. The molecular weight excluding hydrogens is 294 g/mol. The van der Waals surface area contributed by atoms with Gasteiger partial charge in [0.2, 0.25) is 0 Å². The summed E-state index contributed by atoms with van der Waals surface area (Å²) >= 11 is 0. The van der Waals surface area contributed by atoms with Gasteiger partial charge in [-0.15, -0.1) is 15.3 Å². The Morgan fingerprint density at radius 2 is 1.52 bits per heavy atom. The van der Waals surface area contributed by atoms with E-state index < -0.39 is 0 Å². The van der Waals surface area contributed by atoms with Gasteiger partial charge in [-0.3, -0.25) is 5.43 Å². The Morgan fingerprint density at radius 1 is 0.957 bits per heavy atom. The molecule has 0 atom stereocenters. The van der Waals surface area contributed by atoms with Crippen molar-refractivity contribution in [3.63, 3.8) is 0 Å². The number of benzene rings is 2. The van der Waals surface area contributed by atoms with Crippen LogP contribution in [0.1, 0.15) is 0 Å². The van der Waals surface area contributed by atoms with Gasteiger partial charge in [-0.05, 0) is 48.5 Å². The molecule has 0 aliphatic carbocycles. The number of hydrogen-bond donors (Lipinski definition) is 1. The van der Waals surface area contributed by atoms with E-state index in [0.717, 1.165) is 11.5 Å². The third-order valence-electron chi connectivity index (χ3n) is 2.81. The van der Waals surface area contributed by atoms with Crippen LogP contribution in [0.15, 0.2) is 63.9 Å². The van der Waals surface area contributed by atoms with Crippen molar-refractivity contribution in [3.8, 4) is 17.6 Å². The number of nitrogens with one attached hydrogen (secondary N) is 1. The van der Waals surface area contributed by atoms with Crippen LogP contribution in [0.4, 0.5) is 11.4 Å². The van der Waals surface area contributed by atoms with Gasteiger partial charge in [0.25, 0.3) is 5.84 Å². The molecule has 0 amide bonds. The van der Waals surface area contributed by atoms with Gasteiger partial charge in [0.1, 0.15) is 17.6 Å². The Bertz CT molecular complexity index is 731. The van der Waals surface area contributed by atoms with Crippen molar-refractivity contribution in [1.29, 1.82) is 5.26 Å². The second-order valence-corrected chi connectivity index (χ2v) is 4.29. The van der Waals surface area contributed by atoms with Crippen molar-refractivity contribution in [2.75, 3.05) is 19.6 Å². The van der Waals surface area contributed by atoms with Crippen LogP contribution in [-0.4, -0.2) is 20.1 Å². The molecule has 0 aliphatic heterocycles. The lowest BCUT2D eigenvalue weighted by atomic mass is 10.3. The van der Waals surface area contributed by atoms with E-state index in [0.29, 0.717) is 11.4 Å². The summed E-state index contributed by atoms with van der Waals surface area (Å²) < 4.78 is 10.1. The molecule has 23 heavy (non-hydrogen) atoms. The molecule has 0 aliphatic rings. The topological polar surface area (TPSA) is 91.4 Å². The maximum absolute atomic E-state index is 9.03. The first-order valence-electron chi connectivity index (χ1n) is 6.69. The molecule has 0 fully saturated rings. The molecule has 2 aromatic carbocycles. The van der Waals surface area contributed by atoms with E-state index >= 15 is 0 Å². The number of rotatable bonds is 5. The number of nitriles is 1. The highest BCUT2D eigenvalue weighted by Crippen LogP contribution is 2.18. The Morgan fingerprint density at radius 3 is 2.04 bits per heavy atom. The van der Waals surface area contributed by atoms with Crippen LogP contribution in [0.2, 0.25) is 0 Å². The van der Waals surface area contributed by atoms with Crippen molar-refractivity contribution in [1.82, 2.24) is 0 Å². The monoisotopic (exact) mass is 309 g/mol. The highest BCUT2D eigenvalue weighted by atomic mass is 16.5. The van der Waals surface area contributed by atoms with Gasteiger partial charge in [-0.25, -0.2) is 0 Å². The fourth-order valence-electron chi connectivity index (χ4n) is 1.61. The van der Waals surface area contributed by atoms with Crippen LogP contribution in [0, 0.1) is 11.3 Å². The molecule has 1 N–H and O–H groups in total. The number of hydrogen-bond acceptors (Lipinski definition) is 6. The average molecular weight is 309 g/mol. The first kappa shape index (κ1) is 16.0. The molecule has 0 unspecified atom stereocenters. The molecule has 0 bridgehead atoms. The number of azo groups is 1. The van der Waals surface area contributed by atoms with Crippen LogP contribution >= 0.6 is 0 Å². The Kier molecular flexibility index (Phi) is 5.66. The van der Waals surface area contributed by atoms with Crippen LogP contribution in [0.5, 0.6) is 11.5 Å². The third kappa shape index (κ3) is 4.82. The lowest BCUT2D eigenvalue weighted by Gasteiger charge is -2.02.